The maximum atomic E-state index is 6.41. The molecule has 1 heterocycles. The number of halogens is 3. The van der Waals surface area contributed by atoms with Crippen LogP contribution in [0.2, 0.25) is 15.1 Å². The summed E-state index contributed by atoms with van der Waals surface area (Å²) in [5, 5.41) is 2.57. The van der Waals surface area contributed by atoms with Gasteiger partial charge in [0.05, 0.1) is 26.1 Å². The summed E-state index contributed by atoms with van der Waals surface area (Å²) in [5.41, 5.74) is 3.55. The number of nitrogens with zero attached hydrogens (tertiary/aromatic N) is 2. The molecule has 0 unspecified atom stereocenters. The third-order valence-corrected chi connectivity index (χ3v) is 5.21. The highest BCUT2D eigenvalue weighted by Crippen LogP contribution is 2.39. The van der Waals surface area contributed by atoms with Crippen LogP contribution in [0.15, 0.2) is 35.5 Å². The molecule has 0 aliphatic rings. The summed E-state index contributed by atoms with van der Waals surface area (Å²) in [6.45, 7) is 0. The van der Waals surface area contributed by atoms with Gasteiger partial charge in [-0.2, -0.15) is 0 Å². The van der Waals surface area contributed by atoms with Gasteiger partial charge in [0.1, 0.15) is 0 Å². The van der Waals surface area contributed by atoms with Gasteiger partial charge in [-0.1, -0.05) is 58.7 Å². The van der Waals surface area contributed by atoms with Crippen LogP contribution in [0.4, 0.5) is 0 Å². The highest BCUT2D eigenvalue weighted by Gasteiger charge is 2.14. The van der Waals surface area contributed by atoms with E-state index in [0.29, 0.717) is 15.1 Å². The summed E-state index contributed by atoms with van der Waals surface area (Å²) in [6.07, 6.45) is 2.00. The van der Waals surface area contributed by atoms with E-state index in [0.717, 1.165) is 27.3 Å². The highest BCUT2D eigenvalue weighted by atomic mass is 35.5. The number of hydrogen-bond donors (Lipinski definition) is 0. The molecule has 3 aromatic rings. The minimum atomic E-state index is 0.507. The molecule has 21 heavy (non-hydrogen) atoms. The molecule has 0 saturated carbocycles. The Hall–Kier alpha value is -0.870. The Kier molecular flexibility index (Phi) is 4.10. The second-order valence-electron chi connectivity index (χ2n) is 4.58. The normalized spacial score (nSPS) is 11.3. The van der Waals surface area contributed by atoms with Crippen LogP contribution in [0.3, 0.4) is 0 Å². The molecule has 0 bridgehead atoms. The van der Waals surface area contributed by atoms with E-state index in [-0.39, 0.29) is 0 Å². The Morgan fingerprint density at radius 2 is 1.81 bits per heavy atom. The lowest BCUT2D eigenvalue weighted by Crippen LogP contribution is -1.90. The van der Waals surface area contributed by atoms with Crippen molar-refractivity contribution in [1.29, 1.82) is 0 Å². The van der Waals surface area contributed by atoms with Gasteiger partial charge in [-0.3, -0.25) is 0 Å². The zero-order chi connectivity index (χ0) is 15.1. The van der Waals surface area contributed by atoms with Gasteiger partial charge >= 0.3 is 0 Å². The van der Waals surface area contributed by atoms with E-state index in [1.807, 2.05) is 42.1 Å². The van der Waals surface area contributed by atoms with Crippen LogP contribution in [-0.4, -0.2) is 15.8 Å². The maximum absolute atomic E-state index is 6.41. The molecule has 0 N–H and O–H groups in total. The summed E-state index contributed by atoms with van der Waals surface area (Å²) in [4.78, 5) is 4.55. The van der Waals surface area contributed by atoms with E-state index < -0.39 is 0 Å². The van der Waals surface area contributed by atoms with Gasteiger partial charge in [-0.25, -0.2) is 4.98 Å². The van der Waals surface area contributed by atoms with Gasteiger partial charge in [0.25, 0.3) is 0 Å². The number of fused-ring (bicyclic) bond motifs is 1. The van der Waals surface area contributed by atoms with Gasteiger partial charge in [0.2, 0.25) is 0 Å². The fourth-order valence-electron chi connectivity index (χ4n) is 2.29. The Labute approximate surface area is 142 Å². The van der Waals surface area contributed by atoms with Crippen molar-refractivity contribution < 1.29 is 0 Å². The van der Waals surface area contributed by atoms with Gasteiger partial charge in [0, 0.05) is 18.2 Å². The number of aryl methyl sites for hydroxylation is 1. The van der Waals surface area contributed by atoms with E-state index in [1.165, 1.54) is 0 Å². The molecule has 6 heteroatoms. The maximum Gasteiger partial charge on any atom is 0.168 e. The molecule has 0 saturated heterocycles. The van der Waals surface area contributed by atoms with Crippen molar-refractivity contribution in [3.05, 3.63) is 45.4 Å². The van der Waals surface area contributed by atoms with Crippen LogP contribution in [0.5, 0.6) is 0 Å². The van der Waals surface area contributed by atoms with Crippen molar-refractivity contribution in [3.8, 4) is 11.1 Å². The predicted octanol–water partition coefficient (Wildman–Crippen LogP) is 5.92. The number of hydrogen-bond acceptors (Lipinski definition) is 2. The molecular weight excluding hydrogens is 347 g/mol. The Bertz CT molecular complexity index is 843. The average Bonchev–Trinajstić information content (AvgIpc) is 2.77. The summed E-state index contributed by atoms with van der Waals surface area (Å²) in [5.74, 6) is 0. The Morgan fingerprint density at radius 3 is 2.52 bits per heavy atom. The van der Waals surface area contributed by atoms with E-state index in [4.69, 9.17) is 34.8 Å². The monoisotopic (exact) mass is 356 g/mol. The second kappa shape index (κ2) is 5.73. The Morgan fingerprint density at radius 1 is 1.05 bits per heavy atom. The van der Waals surface area contributed by atoms with E-state index >= 15 is 0 Å². The number of imidazole rings is 1. The summed E-state index contributed by atoms with van der Waals surface area (Å²) >= 11 is 20.4. The standard InChI is InChI=1S/C15H11Cl3N2S/c1-20-13-6-9(8-4-3-5-10(16)14(8)18)11(17)7-12(13)19-15(20)21-2/h3-7H,1-2H3. The van der Waals surface area contributed by atoms with Crippen LogP contribution >= 0.6 is 46.6 Å². The molecule has 0 radical (unpaired) electrons. The number of benzene rings is 2. The van der Waals surface area contributed by atoms with Crippen molar-refractivity contribution in [2.24, 2.45) is 7.05 Å². The largest absolute Gasteiger partial charge is 0.322 e. The van der Waals surface area contributed by atoms with Crippen molar-refractivity contribution in [1.82, 2.24) is 9.55 Å². The first kappa shape index (κ1) is 15.0. The van der Waals surface area contributed by atoms with Crippen LogP contribution in [0.1, 0.15) is 0 Å². The first-order valence-corrected chi connectivity index (χ1v) is 8.53. The van der Waals surface area contributed by atoms with Gasteiger partial charge < -0.3 is 4.57 Å². The highest BCUT2D eigenvalue weighted by molar-refractivity contribution is 7.98. The fourth-order valence-corrected chi connectivity index (χ4v) is 3.52. The molecule has 1 aromatic heterocycles. The summed E-state index contributed by atoms with van der Waals surface area (Å²) < 4.78 is 2.04. The Balaban J connectivity index is 2.30. The van der Waals surface area contributed by atoms with Crippen molar-refractivity contribution in [3.63, 3.8) is 0 Å². The smallest absolute Gasteiger partial charge is 0.168 e. The van der Waals surface area contributed by atoms with E-state index in [2.05, 4.69) is 4.98 Å². The lowest BCUT2D eigenvalue weighted by atomic mass is 10.0. The fraction of sp³-hybridized carbons (Fsp3) is 0.133. The minimum Gasteiger partial charge on any atom is -0.322 e. The van der Waals surface area contributed by atoms with Gasteiger partial charge in [-0.05, 0) is 24.5 Å². The topological polar surface area (TPSA) is 17.8 Å². The third-order valence-electron chi connectivity index (χ3n) is 3.35. The minimum absolute atomic E-state index is 0.507. The molecule has 0 spiro atoms. The molecule has 0 aliphatic carbocycles. The molecule has 3 rings (SSSR count). The van der Waals surface area contributed by atoms with Crippen LogP contribution < -0.4 is 0 Å². The molecule has 0 atom stereocenters. The van der Waals surface area contributed by atoms with Crippen molar-refractivity contribution in [2.45, 2.75) is 5.16 Å². The molecule has 2 aromatic carbocycles. The van der Waals surface area contributed by atoms with Crippen LogP contribution in [0.25, 0.3) is 22.2 Å². The first-order chi connectivity index (χ1) is 10.0. The SMILES string of the molecule is CSc1nc2cc(Cl)c(-c3cccc(Cl)c3Cl)cc2n1C. The number of thioether (sulfide) groups is 1. The third kappa shape index (κ3) is 2.53. The van der Waals surface area contributed by atoms with Crippen molar-refractivity contribution in [2.75, 3.05) is 6.26 Å². The second-order valence-corrected chi connectivity index (χ2v) is 6.55. The zero-order valence-corrected chi connectivity index (χ0v) is 14.4. The average molecular weight is 358 g/mol. The lowest BCUT2D eigenvalue weighted by molar-refractivity contribution is 0.817. The lowest BCUT2D eigenvalue weighted by Gasteiger charge is -2.09. The van der Waals surface area contributed by atoms with Gasteiger partial charge in [0.15, 0.2) is 5.16 Å². The van der Waals surface area contributed by atoms with Crippen LogP contribution in [-0.2, 0) is 7.05 Å². The molecular formula is C15H11Cl3N2S. The molecule has 0 fully saturated rings. The van der Waals surface area contributed by atoms with E-state index in [1.54, 1.807) is 17.8 Å². The van der Waals surface area contributed by atoms with Crippen molar-refractivity contribution >= 4 is 57.6 Å². The van der Waals surface area contributed by atoms with Crippen LogP contribution in [0, 0.1) is 0 Å². The quantitative estimate of drug-likeness (QED) is 0.530. The first-order valence-electron chi connectivity index (χ1n) is 6.17. The predicted molar refractivity (Wildman–Crippen MR) is 93.0 cm³/mol. The van der Waals surface area contributed by atoms with E-state index in [9.17, 15) is 0 Å². The molecule has 2 nitrogen and oxygen atoms in total. The summed E-state index contributed by atoms with van der Waals surface area (Å²) in [7, 11) is 1.98. The number of aromatic nitrogens is 2. The molecule has 0 amide bonds. The van der Waals surface area contributed by atoms with Gasteiger partial charge in [-0.15, -0.1) is 0 Å². The summed E-state index contributed by atoms with van der Waals surface area (Å²) in [6, 6.07) is 9.40. The molecule has 0 aliphatic heterocycles. The zero-order valence-electron chi connectivity index (χ0n) is 11.3. The number of rotatable bonds is 2. The molecule has 108 valence electrons.